The highest BCUT2D eigenvalue weighted by Crippen LogP contribution is 2.38. The normalized spacial score (nSPS) is 15.8. The number of benzene rings is 3. The number of ketones is 1. The fraction of sp³-hybridized carbons (Fsp3) is 0.148. The zero-order chi connectivity index (χ0) is 22.8. The highest BCUT2D eigenvalue weighted by Gasteiger charge is 2.29. The van der Waals surface area contributed by atoms with Crippen LogP contribution < -0.4 is 14.2 Å². The summed E-state index contributed by atoms with van der Waals surface area (Å²) in [7, 11) is 0. The summed E-state index contributed by atoms with van der Waals surface area (Å²) in [6, 6.07) is 17.5. The predicted octanol–water partition coefficient (Wildman–Crippen LogP) is 6.38. The Bertz CT molecular complexity index is 1280. The molecule has 33 heavy (non-hydrogen) atoms. The predicted molar refractivity (Wildman–Crippen MR) is 128 cm³/mol. The molecule has 5 rings (SSSR count). The molecule has 3 aromatic carbocycles. The molecule has 0 amide bonds. The molecule has 0 aromatic heterocycles. The van der Waals surface area contributed by atoms with Gasteiger partial charge in [-0.15, -0.1) is 0 Å². The topological polar surface area (TPSA) is 54.0 Å². The highest BCUT2D eigenvalue weighted by molar-refractivity contribution is 9.10. The molecule has 0 fully saturated rings. The minimum absolute atomic E-state index is 0.124. The lowest BCUT2D eigenvalue weighted by molar-refractivity contribution is -0.0176. The first kappa shape index (κ1) is 21.5. The van der Waals surface area contributed by atoms with E-state index in [1.807, 2.05) is 67.6 Å². The zero-order valence-corrected chi connectivity index (χ0v) is 19.6. The minimum Gasteiger partial charge on any atom is -0.489 e. The van der Waals surface area contributed by atoms with E-state index in [9.17, 15) is 4.79 Å². The molecule has 3 aromatic rings. The largest absolute Gasteiger partial charge is 0.489 e. The van der Waals surface area contributed by atoms with Gasteiger partial charge >= 0.3 is 0 Å². The van der Waals surface area contributed by atoms with Crippen LogP contribution in [0.2, 0.25) is 0 Å². The summed E-state index contributed by atoms with van der Waals surface area (Å²) >= 11 is 3.53. The SMILES string of the molecule is Cc1cc(OCc2cc(Br)cc3c2OCOC3)cc2c1C(=O)/C(=C/C=C/c1ccccc1)O2. The van der Waals surface area contributed by atoms with E-state index in [2.05, 4.69) is 15.9 Å². The summed E-state index contributed by atoms with van der Waals surface area (Å²) in [5.74, 6) is 2.11. The van der Waals surface area contributed by atoms with Crippen LogP contribution in [0.1, 0.15) is 32.6 Å². The number of ether oxygens (including phenoxy) is 4. The van der Waals surface area contributed by atoms with Crippen molar-refractivity contribution >= 4 is 27.8 Å². The molecule has 2 aliphatic heterocycles. The fourth-order valence-electron chi connectivity index (χ4n) is 3.91. The molecule has 0 spiro atoms. The van der Waals surface area contributed by atoms with E-state index in [-0.39, 0.29) is 12.6 Å². The van der Waals surface area contributed by atoms with Crippen LogP contribution in [0.5, 0.6) is 17.2 Å². The first-order chi connectivity index (χ1) is 16.1. The molecule has 0 saturated carbocycles. The van der Waals surface area contributed by atoms with E-state index >= 15 is 0 Å². The quantitative estimate of drug-likeness (QED) is 0.377. The Morgan fingerprint density at radius 3 is 2.82 bits per heavy atom. The monoisotopic (exact) mass is 504 g/mol. The third-order valence-corrected chi connectivity index (χ3v) is 5.88. The van der Waals surface area contributed by atoms with E-state index in [4.69, 9.17) is 18.9 Å². The lowest BCUT2D eigenvalue weighted by Crippen LogP contribution is -2.14. The third-order valence-electron chi connectivity index (χ3n) is 5.43. The van der Waals surface area contributed by atoms with Crippen molar-refractivity contribution in [3.8, 4) is 17.2 Å². The van der Waals surface area contributed by atoms with E-state index in [1.54, 1.807) is 12.1 Å². The van der Waals surface area contributed by atoms with E-state index in [1.165, 1.54) is 0 Å². The van der Waals surface area contributed by atoms with Gasteiger partial charge in [0.2, 0.25) is 5.78 Å². The maximum atomic E-state index is 12.8. The average Bonchev–Trinajstić information content (AvgIpc) is 3.13. The molecule has 166 valence electrons. The van der Waals surface area contributed by atoms with E-state index in [0.717, 1.165) is 32.5 Å². The first-order valence-electron chi connectivity index (χ1n) is 10.5. The van der Waals surface area contributed by atoms with Gasteiger partial charge in [-0.05, 0) is 42.3 Å². The van der Waals surface area contributed by atoms with Gasteiger partial charge in [0.25, 0.3) is 0 Å². The van der Waals surface area contributed by atoms with Gasteiger partial charge in [-0.3, -0.25) is 4.79 Å². The Morgan fingerprint density at radius 1 is 1.12 bits per heavy atom. The molecule has 2 heterocycles. The number of rotatable bonds is 5. The molecule has 0 bridgehead atoms. The van der Waals surface area contributed by atoms with Crippen molar-refractivity contribution in [1.82, 2.24) is 0 Å². The Balaban J connectivity index is 1.34. The van der Waals surface area contributed by atoms with Gasteiger partial charge < -0.3 is 18.9 Å². The Morgan fingerprint density at radius 2 is 1.97 bits per heavy atom. The number of Topliss-reactive ketones (excluding diaryl/α,β-unsaturated/α-hetero) is 1. The number of carbonyl (C=O) groups is 1. The first-order valence-corrected chi connectivity index (χ1v) is 11.3. The number of carbonyl (C=O) groups excluding carboxylic acids is 1. The standard InChI is InChI=1S/C27H21BrO5/c1-17-10-22(31-15-20-12-21(28)11-19-14-30-16-32-27(19)20)13-24-25(17)26(29)23(33-24)9-5-8-18-6-3-2-4-7-18/h2-13H,14-16H2,1H3/b8-5+,23-9-. The maximum absolute atomic E-state index is 12.8. The second-order valence-corrected chi connectivity index (χ2v) is 8.71. The van der Waals surface area contributed by atoms with Gasteiger partial charge in [0.15, 0.2) is 12.6 Å². The summed E-state index contributed by atoms with van der Waals surface area (Å²) < 4.78 is 23.9. The summed E-state index contributed by atoms with van der Waals surface area (Å²) in [5.41, 5.74) is 4.33. The van der Waals surface area contributed by atoms with Crippen molar-refractivity contribution in [2.45, 2.75) is 20.1 Å². The second-order valence-electron chi connectivity index (χ2n) is 7.80. The molecule has 5 nitrogen and oxygen atoms in total. The molecule has 0 unspecified atom stereocenters. The smallest absolute Gasteiger partial charge is 0.232 e. The molecule has 6 heteroatoms. The van der Waals surface area contributed by atoms with Crippen LogP contribution in [0.3, 0.4) is 0 Å². The number of allylic oxidation sites excluding steroid dienone is 3. The zero-order valence-electron chi connectivity index (χ0n) is 18.0. The number of aryl methyl sites for hydroxylation is 1. The lowest BCUT2D eigenvalue weighted by atomic mass is 10.0. The molecule has 0 aliphatic carbocycles. The van der Waals surface area contributed by atoms with Crippen molar-refractivity contribution < 1.29 is 23.7 Å². The van der Waals surface area contributed by atoms with Crippen LogP contribution in [0.15, 0.2) is 77.0 Å². The van der Waals surface area contributed by atoms with Crippen molar-refractivity contribution in [2.24, 2.45) is 0 Å². The van der Waals surface area contributed by atoms with Crippen molar-refractivity contribution in [3.05, 3.63) is 105 Å². The van der Waals surface area contributed by atoms with Gasteiger partial charge in [0.05, 0.1) is 12.2 Å². The summed E-state index contributed by atoms with van der Waals surface area (Å²) in [6.07, 6.45) is 5.45. The van der Waals surface area contributed by atoms with Crippen LogP contribution in [-0.2, 0) is 18.0 Å². The van der Waals surface area contributed by atoms with E-state index in [0.29, 0.717) is 36.0 Å². The number of hydrogen-bond acceptors (Lipinski definition) is 5. The maximum Gasteiger partial charge on any atom is 0.232 e. The van der Waals surface area contributed by atoms with Crippen molar-refractivity contribution in [3.63, 3.8) is 0 Å². The number of halogens is 1. The van der Waals surface area contributed by atoms with Gasteiger partial charge in [-0.1, -0.05) is 58.4 Å². The molecular weight excluding hydrogens is 484 g/mol. The molecule has 0 saturated heterocycles. The Labute approximate surface area is 200 Å². The third kappa shape index (κ3) is 4.58. The minimum atomic E-state index is -0.124. The van der Waals surface area contributed by atoms with Crippen LogP contribution in [-0.4, -0.2) is 12.6 Å². The summed E-state index contributed by atoms with van der Waals surface area (Å²) in [4.78, 5) is 12.8. The van der Waals surface area contributed by atoms with Gasteiger partial charge in [-0.2, -0.15) is 0 Å². The second kappa shape index (κ2) is 9.25. The van der Waals surface area contributed by atoms with Crippen LogP contribution in [0, 0.1) is 6.92 Å². The van der Waals surface area contributed by atoms with Crippen molar-refractivity contribution in [2.75, 3.05) is 6.79 Å². The number of fused-ring (bicyclic) bond motifs is 2. The van der Waals surface area contributed by atoms with Crippen molar-refractivity contribution in [1.29, 1.82) is 0 Å². The van der Waals surface area contributed by atoms with Crippen LogP contribution in [0.4, 0.5) is 0 Å². The molecule has 0 N–H and O–H groups in total. The van der Waals surface area contributed by atoms with E-state index < -0.39 is 0 Å². The fourth-order valence-corrected chi connectivity index (χ4v) is 4.46. The molecule has 2 aliphatic rings. The van der Waals surface area contributed by atoms with Gasteiger partial charge in [0, 0.05) is 21.7 Å². The molecular formula is C27H21BrO5. The lowest BCUT2D eigenvalue weighted by Gasteiger charge is -2.21. The van der Waals surface area contributed by atoms with Crippen LogP contribution >= 0.6 is 15.9 Å². The Kier molecular flexibility index (Phi) is 6.03. The summed E-state index contributed by atoms with van der Waals surface area (Å²) in [5, 5.41) is 0. The highest BCUT2D eigenvalue weighted by atomic mass is 79.9. The summed E-state index contributed by atoms with van der Waals surface area (Å²) in [6.45, 7) is 2.93. The number of hydrogen-bond donors (Lipinski definition) is 0. The van der Waals surface area contributed by atoms with Gasteiger partial charge in [0.1, 0.15) is 23.9 Å². The Hall–Kier alpha value is -3.35. The molecule has 0 atom stereocenters. The van der Waals surface area contributed by atoms with Crippen LogP contribution in [0.25, 0.3) is 6.08 Å². The average molecular weight is 505 g/mol. The van der Waals surface area contributed by atoms with Gasteiger partial charge in [-0.25, -0.2) is 0 Å². The molecule has 0 radical (unpaired) electrons.